The lowest BCUT2D eigenvalue weighted by molar-refractivity contribution is -0.137. The van der Waals surface area contributed by atoms with Crippen molar-refractivity contribution in [3.8, 4) is 11.5 Å². The van der Waals surface area contributed by atoms with Gasteiger partial charge in [-0.05, 0) is 53.2 Å². The molecule has 1 aromatic heterocycles. The van der Waals surface area contributed by atoms with Gasteiger partial charge in [0.25, 0.3) is 11.5 Å². The molecular weight excluding hydrogens is 608 g/mol. The molecule has 2 aromatic carbocycles. The van der Waals surface area contributed by atoms with Crippen LogP contribution in [-0.2, 0) is 9.53 Å². The lowest BCUT2D eigenvalue weighted by atomic mass is 10.2. The van der Waals surface area contributed by atoms with Gasteiger partial charge in [-0.1, -0.05) is 29.8 Å². The van der Waals surface area contributed by atoms with E-state index in [2.05, 4.69) is 41.9 Å². The van der Waals surface area contributed by atoms with Crippen molar-refractivity contribution < 1.29 is 19.0 Å². The van der Waals surface area contributed by atoms with E-state index < -0.39 is 0 Å². The van der Waals surface area contributed by atoms with Gasteiger partial charge in [0.1, 0.15) is 5.82 Å². The van der Waals surface area contributed by atoms with Crippen LogP contribution in [0.2, 0.25) is 0 Å². The van der Waals surface area contributed by atoms with Crippen LogP contribution in [-0.4, -0.2) is 66.2 Å². The fourth-order valence-corrected chi connectivity index (χ4v) is 4.63. The van der Waals surface area contributed by atoms with E-state index in [0.717, 1.165) is 4.47 Å². The molecule has 1 aliphatic heterocycles. The number of halogens is 2. The van der Waals surface area contributed by atoms with Crippen LogP contribution >= 0.6 is 31.9 Å². The molecule has 0 aliphatic carbocycles. The number of benzene rings is 2. The number of amides is 1. The molecule has 1 saturated heterocycles. The third kappa shape index (κ3) is 6.39. The summed E-state index contributed by atoms with van der Waals surface area (Å²) in [6, 6.07) is 8.91. The van der Waals surface area contributed by atoms with Crippen molar-refractivity contribution in [1.82, 2.24) is 14.6 Å². The Morgan fingerprint density at radius 2 is 1.89 bits per heavy atom. The summed E-state index contributed by atoms with van der Waals surface area (Å²) in [4.78, 5) is 32.2. The highest BCUT2D eigenvalue weighted by molar-refractivity contribution is 9.10. The number of nitrogens with zero attached hydrogens (tertiary/aromatic N) is 4. The van der Waals surface area contributed by atoms with Crippen molar-refractivity contribution in [3.05, 3.63) is 61.0 Å². The number of hydrogen-bond acceptors (Lipinski definition) is 7. The number of morpholine rings is 1. The van der Waals surface area contributed by atoms with Crippen LogP contribution in [0, 0.1) is 0 Å². The maximum atomic E-state index is 13.3. The summed E-state index contributed by atoms with van der Waals surface area (Å²) in [6.45, 7) is 8.26. The summed E-state index contributed by atoms with van der Waals surface area (Å²) in [5.41, 5.74) is 1.04. The van der Waals surface area contributed by atoms with Crippen LogP contribution in [0.5, 0.6) is 11.5 Å². The highest BCUT2D eigenvalue weighted by atomic mass is 79.9. The van der Waals surface area contributed by atoms with Gasteiger partial charge in [0, 0.05) is 33.5 Å². The average Bonchev–Trinajstić information content (AvgIpc) is 2.89. The Hall–Kier alpha value is -2.76. The van der Waals surface area contributed by atoms with Crippen LogP contribution in [0.3, 0.4) is 0 Å². The Kier molecular flexibility index (Phi) is 8.99. The zero-order valence-corrected chi connectivity index (χ0v) is 24.0. The lowest BCUT2D eigenvalue weighted by Crippen LogP contribution is -2.43. The van der Waals surface area contributed by atoms with Crippen LogP contribution in [0.15, 0.2) is 49.2 Å². The molecular formula is C26H28Br2N4O5. The van der Waals surface area contributed by atoms with Crippen molar-refractivity contribution >= 4 is 54.9 Å². The molecule has 11 heteroatoms. The number of carbonyl (C=O) groups is 1. The topological polar surface area (TPSA) is 95.2 Å². The summed E-state index contributed by atoms with van der Waals surface area (Å²) >= 11 is 6.98. The first-order valence-electron chi connectivity index (χ1n) is 12.0. The van der Waals surface area contributed by atoms with Crippen molar-refractivity contribution in [2.75, 3.05) is 39.5 Å². The van der Waals surface area contributed by atoms with E-state index in [1.54, 1.807) is 29.3 Å². The number of carbonyl (C=O) groups excluding carboxylic acids is 1. The van der Waals surface area contributed by atoms with E-state index >= 15 is 0 Å². The van der Waals surface area contributed by atoms with Gasteiger partial charge in [0.2, 0.25) is 0 Å². The minimum atomic E-state index is -0.256. The van der Waals surface area contributed by atoms with Gasteiger partial charge in [-0.2, -0.15) is 9.78 Å². The zero-order valence-electron chi connectivity index (χ0n) is 20.9. The van der Waals surface area contributed by atoms with Gasteiger partial charge >= 0.3 is 0 Å². The van der Waals surface area contributed by atoms with E-state index in [1.165, 1.54) is 4.68 Å². The molecule has 196 valence electrons. The van der Waals surface area contributed by atoms with E-state index in [4.69, 9.17) is 14.2 Å². The minimum absolute atomic E-state index is 0.0277. The summed E-state index contributed by atoms with van der Waals surface area (Å²) in [6.07, 6.45) is 1.58. The van der Waals surface area contributed by atoms with E-state index in [1.807, 2.05) is 32.9 Å². The molecule has 0 atom stereocenters. The van der Waals surface area contributed by atoms with Crippen LogP contribution in [0.4, 0.5) is 0 Å². The molecule has 0 radical (unpaired) electrons. The third-order valence-electron chi connectivity index (χ3n) is 5.74. The maximum Gasteiger partial charge on any atom is 0.282 e. The molecule has 0 spiro atoms. The Labute approximate surface area is 231 Å². The smallest absolute Gasteiger partial charge is 0.282 e. The third-order valence-corrected chi connectivity index (χ3v) is 6.92. The molecule has 9 nitrogen and oxygen atoms in total. The molecule has 1 amide bonds. The Balaban J connectivity index is 1.64. The van der Waals surface area contributed by atoms with E-state index in [0.29, 0.717) is 71.2 Å². The molecule has 0 unspecified atom stereocenters. The Morgan fingerprint density at radius 3 is 2.59 bits per heavy atom. The highest BCUT2D eigenvalue weighted by Gasteiger charge is 2.19. The number of fused-ring (bicyclic) bond motifs is 1. The first kappa shape index (κ1) is 27.3. The molecule has 3 aromatic rings. The second-order valence-electron chi connectivity index (χ2n) is 8.68. The zero-order chi connectivity index (χ0) is 26.5. The van der Waals surface area contributed by atoms with Crippen molar-refractivity contribution in [2.24, 2.45) is 5.10 Å². The van der Waals surface area contributed by atoms with Gasteiger partial charge in [-0.3, -0.25) is 9.59 Å². The molecule has 0 saturated carbocycles. The second-order valence-corrected chi connectivity index (χ2v) is 10.5. The van der Waals surface area contributed by atoms with Crippen LogP contribution in [0.1, 0.15) is 38.1 Å². The fourth-order valence-electron chi connectivity index (χ4n) is 3.85. The molecule has 1 aliphatic rings. The van der Waals surface area contributed by atoms with E-state index in [9.17, 15) is 9.59 Å². The largest absolute Gasteiger partial charge is 0.490 e. The number of hydrogen-bond donors (Lipinski definition) is 0. The normalized spacial score (nSPS) is 14.1. The summed E-state index contributed by atoms with van der Waals surface area (Å²) in [5, 5.41) is 4.98. The number of ether oxygens (including phenoxy) is 3. The number of rotatable bonds is 8. The van der Waals surface area contributed by atoms with E-state index in [-0.39, 0.29) is 24.0 Å². The Bertz CT molecular complexity index is 1380. The number of aromatic nitrogens is 2. The predicted molar refractivity (Wildman–Crippen MR) is 149 cm³/mol. The fraction of sp³-hybridized carbons (Fsp3) is 0.385. The van der Waals surface area contributed by atoms with Crippen molar-refractivity contribution in [1.29, 1.82) is 0 Å². The Morgan fingerprint density at radius 1 is 1.16 bits per heavy atom. The monoisotopic (exact) mass is 634 g/mol. The summed E-state index contributed by atoms with van der Waals surface area (Å²) in [5.74, 6) is 1.33. The van der Waals surface area contributed by atoms with Crippen molar-refractivity contribution in [3.63, 3.8) is 0 Å². The molecule has 1 fully saturated rings. The lowest BCUT2D eigenvalue weighted by Gasteiger charge is -2.26. The van der Waals surface area contributed by atoms with Gasteiger partial charge in [0.15, 0.2) is 18.1 Å². The quantitative estimate of drug-likeness (QED) is 0.337. The first-order valence-corrected chi connectivity index (χ1v) is 13.6. The van der Waals surface area contributed by atoms with Gasteiger partial charge in [-0.25, -0.2) is 4.98 Å². The molecule has 0 N–H and O–H groups in total. The molecule has 4 rings (SSSR count). The van der Waals surface area contributed by atoms with Gasteiger partial charge in [-0.15, -0.1) is 0 Å². The predicted octanol–water partition coefficient (Wildman–Crippen LogP) is 4.56. The highest BCUT2D eigenvalue weighted by Crippen LogP contribution is 2.33. The molecule has 37 heavy (non-hydrogen) atoms. The van der Waals surface area contributed by atoms with Gasteiger partial charge < -0.3 is 19.1 Å². The summed E-state index contributed by atoms with van der Waals surface area (Å²) < 4.78 is 19.7. The van der Waals surface area contributed by atoms with Gasteiger partial charge in [0.05, 0.1) is 36.9 Å². The standard InChI is InChI=1S/C26H28Br2N4O5/c1-4-36-22-11-17(20(28)13-23(22)37-15-24(33)31-7-9-35-10-8-31)14-29-32-25(16(2)3)30-21-6-5-18(27)12-19(21)26(32)34/h5-6,11-14,16H,4,7-10,15H2,1-3H3. The van der Waals surface area contributed by atoms with Crippen LogP contribution < -0.4 is 15.0 Å². The minimum Gasteiger partial charge on any atom is -0.490 e. The summed E-state index contributed by atoms with van der Waals surface area (Å²) in [7, 11) is 0. The maximum absolute atomic E-state index is 13.3. The molecule has 2 heterocycles. The average molecular weight is 636 g/mol. The SMILES string of the molecule is CCOc1cc(C=Nn2c(C(C)C)nc3ccc(Br)cc3c2=O)c(Br)cc1OCC(=O)N1CCOCC1. The van der Waals surface area contributed by atoms with Crippen molar-refractivity contribution in [2.45, 2.75) is 26.7 Å². The first-order chi connectivity index (χ1) is 17.8. The molecule has 0 bridgehead atoms. The van der Waals surface area contributed by atoms with Crippen LogP contribution in [0.25, 0.3) is 10.9 Å². The second kappa shape index (κ2) is 12.2.